The average molecular weight is 448 g/mol. The predicted octanol–water partition coefficient (Wildman–Crippen LogP) is 1.69. The Hall–Kier alpha value is -3.67. The van der Waals surface area contributed by atoms with Crippen LogP contribution in [0.2, 0.25) is 0 Å². The second-order valence-corrected chi connectivity index (χ2v) is 7.26. The quantitative estimate of drug-likeness (QED) is 0.611. The summed E-state index contributed by atoms with van der Waals surface area (Å²) >= 11 is 0. The third-order valence-electron chi connectivity index (χ3n) is 5.28. The normalized spacial score (nSPS) is 23.0. The number of carbonyl (C=O) groups is 2. The molecule has 0 radical (unpaired) electrons. The predicted molar refractivity (Wildman–Crippen MR) is 106 cm³/mol. The van der Waals surface area contributed by atoms with Crippen molar-refractivity contribution >= 4 is 17.6 Å². The van der Waals surface area contributed by atoms with Gasteiger partial charge in [0.15, 0.2) is 5.82 Å². The molecular formula is C20H19F3N6O3. The molecule has 1 aromatic carbocycles. The molecule has 0 spiro atoms. The standard InChI is InChI=1S/C20H19F3N6O3/c1-10-14(18(30)25-12-8-9-13(32-2)27-26-12)19(31)29-17(24-10)15(11-6-4-3-5-7-11)16(28-29)20(21,22)23/h3-9,15-17,24,28H,1-2H3,(H,25,26,30). The zero-order chi connectivity index (χ0) is 23.0. The minimum atomic E-state index is -4.63. The van der Waals surface area contributed by atoms with Crippen molar-refractivity contribution in [1.82, 2.24) is 25.9 Å². The lowest BCUT2D eigenvalue weighted by Crippen LogP contribution is -2.56. The molecule has 2 aliphatic rings. The Kier molecular flexibility index (Phi) is 5.46. The van der Waals surface area contributed by atoms with Crippen molar-refractivity contribution in [2.45, 2.75) is 31.2 Å². The topological polar surface area (TPSA) is 108 Å². The van der Waals surface area contributed by atoms with Crippen LogP contribution in [0.25, 0.3) is 0 Å². The summed E-state index contributed by atoms with van der Waals surface area (Å²) in [5.74, 6) is -2.55. The number of fused-ring (bicyclic) bond motifs is 1. The van der Waals surface area contributed by atoms with Gasteiger partial charge in [-0.3, -0.25) is 9.59 Å². The molecule has 9 nitrogen and oxygen atoms in total. The maximum atomic E-state index is 13.8. The van der Waals surface area contributed by atoms with Crippen molar-refractivity contribution in [2.24, 2.45) is 0 Å². The lowest BCUT2D eigenvalue weighted by molar-refractivity contribution is -0.161. The van der Waals surface area contributed by atoms with E-state index in [4.69, 9.17) is 4.74 Å². The van der Waals surface area contributed by atoms with E-state index in [1.54, 1.807) is 30.3 Å². The van der Waals surface area contributed by atoms with Gasteiger partial charge in [0.25, 0.3) is 11.8 Å². The smallest absolute Gasteiger partial charge is 0.406 e. The molecule has 4 rings (SSSR count). The molecular weight excluding hydrogens is 429 g/mol. The lowest BCUT2D eigenvalue weighted by atomic mass is 9.89. The molecule has 0 bridgehead atoms. The summed E-state index contributed by atoms with van der Waals surface area (Å²) in [7, 11) is 1.40. The van der Waals surface area contributed by atoms with Crippen molar-refractivity contribution in [3.8, 4) is 5.88 Å². The van der Waals surface area contributed by atoms with Crippen molar-refractivity contribution in [2.75, 3.05) is 12.4 Å². The molecule has 3 N–H and O–H groups in total. The van der Waals surface area contributed by atoms with Crippen LogP contribution >= 0.6 is 0 Å². The fourth-order valence-corrected chi connectivity index (χ4v) is 3.84. The minimum Gasteiger partial charge on any atom is -0.480 e. The Morgan fingerprint density at radius 3 is 2.47 bits per heavy atom. The van der Waals surface area contributed by atoms with Gasteiger partial charge in [0.05, 0.1) is 13.0 Å². The number of nitrogens with zero attached hydrogens (tertiary/aromatic N) is 3. The molecule has 32 heavy (non-hydrogen) atoms. The number of methoxy groups -OCH3 is 1. The Bertz CT molecular complexity index is 1060. The van der Waals surface area contributed by atoms with Gasteiger partial charge in [-0.1, -0.05) is 30.3 Å². The molecule has 3 heterocycles. The van der Waals surface area contributed by atoms with Gasteiger partial charge in [-0.15, -0.1) is 10.2 Å². The molecule has 2 aliphatic heterocycles. The average Bonchev–Trinajstić information content (AvgIpc) is 3.15. The second-order valence-electron chi connectivity index (χ2n) is 7.26. The first-order valence-corrected chi connectivity index (χ1v) is 9.58. The molecule has 3 atom stereocenters. The van der Waals surface area contributed by atoms with Crippen LogP contribution in [0.3, 0.4) is 0 Å². The molecule has 12 heteroatoms. The summed E-state index contributed by atoms with van der Waals surface area (Å²) < 4.78 is 46.3. The summed E-state index contributed by atoms with van der Waals surface area (Å²) in [5.41, 5.74) is 2.48. The van der Waals surface area contributed by atoms with Crippen LogP contribution in [0.1, 0.15) is 18.4 Å². The summed E-state index contributed by atoms with van der Waals surface area (Å²) in [6, 6.07) is 8.97. The Labute approximate surface area is 180 Å². The zero-order valence-electron chi connectivity index (χ0n) is 17.0. The van der Waals surface area contributed by atoms with E-state index < -0.39 is 36.1 Å². The largest absolute Gasteiger partial charge is 0.480 e. The number of aromatic nitrogens is 2. The lowest BCUT2D eigenvalue weighted by Gasteiger charge is -2.34. The zero-order valence-corrected chi connectivity index (χ0v) is 17.0. The van der Waals surface area contributed by atoms with Gasteiger partial charge in [0.1, 0.15) is 17.8 Å². The first-order chi connectivity index (χ1) is 15.2. The van der Waals surface area contributed by atoms with Crippen molar-refractivity contribution in [3.63, 3.8) is 0 Å². The van der Waals surface area contributed by atoms with Crippen molar-refractivity contribution in [3.05, 3.63) is 59.3 Å². The highest BCUT2D eigenvalue weighted by Gasteiger charge is 2.58. The molecule has 1 fully saturated rings. The van der Waals surface area contributed by atoms with E-state index >= 15 is 0 Å². The van der Waals surface area contributed by atoms with E-state index in [1.807, 2.05) is 0 Å². The van der Waals surface area contributed by atoms with Gasteiger partial charge in [-0.2, -0.15) is 13.2 Å². The SMILES string of the molecule is COc1ccc(NC(=O)C2=C(C)NC3C(c4ccccc4)C(C(F)(F)F)NN3C2=O)nn1. The summed E-state index contributed by atoms with van der Waals surface area (Å²) in [6.45, 7) is 1.47. The minimum absolute atomic E-state index is 0.0516. The number of hydrazine groups is 1. The maximum absolute atomic E-state index is 13.8. The summed E-state index contributed by atoms with van der Waals surface area (Å²) in [6.07, 6.45) is -5.66. The van der Waals surface area contributed by atoms with Crippen LogP contribution in [0.5, 0.6) is 5.88 Å². The number of anilines is 1. The van der Waals surface area contributed by atoms with Crippen LogP contribution in [0.15, 0.2) is 53.7 Å². The first-order valence-electron chi connectivity index (χ1n) is 9.58. The molecule has 1 saturated heterocycles. The van der Waals surface area contributed by atoms with Crippen LogP contribution in [-0.2, 0) is 9.59 Å². The number of allylic oxidation sites excluding steroid dienone is 1. The number of benzene rings is 1. The van der Waals surface area contributed by atoms with E-state index in [9.17, 15) is 22.8 Å². The molecule has 1 aromatic heterocycles. The number of hydrogen-bond acceptors (Lipinski definition) is 7. The molecule has 2 aromatic rings. The number of hydrogen-bond donors (Lipinski definition) is 3. The van der Waals surface area contributed by atoms with Crippen LogP contribution < -0.4 is 20.8 Å². The van der Waals surface area contributed by atoms with Crippen molar-refractivity contribution in [1.29, 1.82) is 0 Å². The van der Waals surface area contributed by atoms with E-state index in [1.165, 1.54) is 26.2 Å². The van der Waals surface area contributed by atoms with Gasteiger partial charge >= 0.3 is 6.18 Å². The molecule has 3 unspecified atom stereocenters. The highest BCUT2D eigenvalue weighted by molar-refractivity contribution is 6.23. The summed E-state index contributed by atoms with van der Waals surface area (Å²) in [4.78, 5) is 25.8. The number of amides is 2. The van der Waals surface area contributed by atoms with Crippen LogP contribution in [0.4, 0.5) is 19.0 Å². The third kappa shape index (κ3) is 3.84. The fraction of sp³-hybridized carbons (Fsp3) is 0.300. The maximum Gasteiger partial charge on any atom is 0.406 e. The number of rotatable bonds is 4. The number of halogens is 3. The van der Waals surface area contributed by atoms with Crippen LogP contribution in [0, 0.1) is 0 Å². The highest BCUT2D eigenvalue weighted by atomic mass is 19.4. The Morgan fingerprint density at radius 1 is 1.16 bits per heavy atom. The van der Waals surface area contributed by atoms with E-state index in [2.05, 4.69) is 26.3 Å². The van der Waals surface area contributed by atoms with E-state index in [-0.39, 0.29) is 23.0 Å². The Morgan fingerprint density at radius 2 is 1.88 bits per heavy atom. The Balaban J connectivity index is 1.63. The molecule has 2 amide bonds. The molecule has 168 valence electrons. The number of ether oxygens (including phenoxy) is 1. The monoisotopic (exact) mass is 448 g/mol. The van der Waals surface area contributed by atoms with Gasteiger partial charge in [-0.05, 0) is 18.6 Å². The molecule has 0 saturated carbocycles. The molecule has 0 aliphatic carbocycles. The van der Waals surface area contributed by atoms with Gasteiger partial charge < -0.3 is 15.4 Å². The second kappa shape index (κ2) is 8.11. The number of carbonyl (C=O) groups excluding carboxylic acids is 2. The van der Waals surface area contributed by atoms with E-state index in [0.717, 1.165) is 5.01 Å². The number of alkyl halides is 3. The number of nitrogens with one attached hydrogen (secondary N) is 3. The van der Waals surface area contributed by atoms with Gasteiger partial charge in [0, 0.05) is 11.8 Å². The van der Waals surface area contributed by atoms with Crippen LogP contribution in [-0.4, -0.2) is 52.5 Å². The summed E-state index contributed by atoms with van der Waals surface area (Å²) in [5, 5.41) is 13.6. The first kappa shape index (κ1) is 21.6. The fourth-order valence-electron chi connectivity index (χ4n) is 3.84. The van der Waals surface area contributed by atoms with E-state index in [0.29, 0.717) is 5.56 Å². The highest BCUT2D eigenvalue weighted by Crippen LogP contribution is 2.41. The van der Waals surface area contributed by atoms with Gasteiger partial charge in [-0.25, -0.2) is 10.4 Å². The third-order valence-corrected chi connectivity index (χ3v) is 5.28. The van der Waals surface area contributed by atoms with Gasteiger partial charge in [0.2, 0.25) is 5.88 Å². The van der Waals surface area contributed by atoms with Crippen molar-refractivity contribution < 1.29 is 27.5 Å².